The average molecular weight is 216 g/mol. The Morgan fingerprint density at radius 2 is 2.13 bits per heavy atom. The van der Waals surface area contributed by atoms with Crippen molar-refractivity contribution in [2.45, 2.75) is 6.18 Å². The Morgan fingerprint density at radius 1 is 1.53 bits per heavy atom. The molecule has 1 amide bonds. The zero-order valence-electron chi connectivity index (χ0n) is 7.51. The third-order valence-electron chi connectivity index (χ3n) is 1.69. The normalized spacial score (nSPS) is 11.1. The Balaban J connectivity index is 3.33. The molecule has 6 heteroatoms. The standard InChI is InChI=1S/C9H7F3N2O/c1-2-5-3-6(8(13)15)4-14-7(5)9(10,11)12/h2-4H,1H2,(H2,13,15). The van der Waals surface area contributed by atoms with Crippen molar-refractivity contribution in [3.05, 3.63) is 35.7 Å². The van der Waals surface area contributed by atoms with Gasteiger partial charge in [0.15, 0.2) is 5.69 Å². The van der Waals surface area contributed by atoms with Crippen molar-refractivity contribution in [2.24, 2.45) is 5.73 Å². The fourth-order valence-corrected chi connectivity index (χ4v) is 1.01. The molecule has 0 aliphatic heterocycles. The maximum absolute atomic E-state index is 12.3. The van der Waals surface area contributed by atoms with Gasteiger partial charge in [0.1, 0.15) is 0 Å². The van der Waals surface area contributed by atoms with E-state index in [1.807, 2.05) is 0 Å². The minimum atomic E-state index is -4.57. The molecule has 0 aliphatic carbocycles. The van der Waals surface area contributed by atoms with Gasteiger partial charge in [-0.05, 0) is 6.07 Å². The third-order valence-corrected chi connectivity index (χ3v) is 1.69. The predicted octanol–water partition coefficient (Wildman–Crippen LogP) is 1.84. The lowest BCUT2D eigenvalue weighted by Gasteiger charge is -2.09. The molecule has 0 aliphatic rings. The minimum Gasteiger partial charge on any atom is -0.366 e. The number of nitrogens with zero attached hydrogens (tertiary/aromatic N) is 1. The van der Waals surface area contributed by atoms with Gasteiger partial charge in [0.05, 0.1) is 5.56 Å². The van der Waals surface area contributed by atoms with Crippen LogP contribution in [0.15, 0.2) is 18.8 Å². The first-order chi connectivity index (χ1) is 6.86. The van der Waals surface area contributed by atoms with Gasteiger partial charge in [-0.1, -0.05) is 12.7 Å². The summed E-state index contributed by atoms with van der Waals surface area (Å²) in [7, 11) is 0. The van der Waals surface area contributed by atoms with Crippen LogP contribution < -0.4 is 5.73 Å². The highest BCUT2D eigenvalue weighted by Crippen LogP contribution is 2.30. The largest absolute Gasteiger partial charge is 0.433 e. The van der Waals surface area contributed by atoms with Crippen molar-refractivity contribution >= 4 is 12.0 Å². The fourth-order valence-electron chi connectivity index (χ4n) is 1.01. The third kappa shape index (κ3) is 2.34. The number of aromatic nitrogens is 1. The van der Waals surface area contributed by atoms with Gasteiger partial charge in [-0.15, -0.1) is 0 Å². The van der Waals surface area contributed by atoms with Crippen molar-refractivity contribution < 1.29 is 18.0 Å². The molecular formula is C9H7F3N2O. The van der Waals surface area contributed by atoms with E-state index in [-0.39, 0.29) is 11.1 Å². The van der Waals surface area contributed by atoms with Crippen molar-refractivity contribution in [3.8, 4) is 0 Å². The lowest BCUT2D eigenvalue weighted by atomic mass is 10.1. The summed E-state index contributed by atoms with van der Waals surface area (Å²) in [6, 6.07) is 1.01. The molecule has 0 saturated heterocycles. The number of alkyl halides is 3. The molecule has 15 heavy (non-hydrogen) atoms. The highest BCUT2D eigenvalue weighted by atomic mass is 19.4. The highest BCUT2D eigenvalue weighted by Gasteiger charge is 2.34. The number of carbonyl (C=O) groups is 1. The molecule has 0 fully saturated rings. The molecule has 0 unspecified atom stereocenters. The quantitative estimate of drug-likeness (QED) is 0.820. The summed E-state index contributed by atoms with van der Waals surface area (Å²) in [5.74, 6) is -0.834. The molecule has 0 aromatic carbocycles. The maximum atomic E-state index is 12.3. The smallest absolute Gasteiger partial charge is 0.366 e. The Kier molecular flexibility index (Phi) is 2.78. The lowest BCUT2D eigenvalue weighted by Crippen LogP contribution is -2.15. The SMILES string of the molecule is C=Cc1cc(C(N)=O)cnc1C(F)(F)F. The van der Waals surface area contributed by atoms with Crippen LogP contribution in [0.4, 0.5) is 13.2 Å². The Hall–Kier alpha value is -1.85. The molecule has 2 N–H and O–H groups in total. The van der Waals surface area contributed by atoms with E-state index < -0.39 is 17.8 Å². The Morgan fingerprint density at radius 3 is 2.53 bits per heavy atom. The summed E-state index contributed by atoms with van der Waals surface area (Å²) in [6.45, 7) is 3.21. The van der Waals surface area contributed by atoms with E-state index in [0.29, 0.717) is 0 Å². The Bertz CT molecular complexity index is 412. The Labute approximate surface area is 83.4 Å². The number of nitrogens with two attached hydrogens (primary N) is 1. The molecular weight excluding hydrogens is 209 g/mol. The molecule has 1 aromatic rings. The van der Waals surface area contributed by atoms with Gasteiger partial charge >= 0.3 is 6.18 Å². The maximum Gasteiger partial charge on any atom is 0.433 e. The van der Waals surface area contributed by atoms with Gasteiger partial charge in [-0.25, -0.2) is 0 Å². The van der Waals surface area contributed by atoms with Gasteiger partial charge in [0.25, 0.3) is 0 Å². The van der Waals surface area contributed by atoms with Crippen LogP contribution in [0.5, 0.6) is 0 Å². The summed E-state index contributed by atoms with van der Waals surface area (Å²) in [5.41, 5.74) is 3.47. The van der Waals surface area contributed by atoms with E-state index >= 15 is 0 Å². The molecule has 0 radical (unpaired) electrons. The number of hydrogen-bond acceptors (Lipinski definition) is 2. The molecule has 0 spiro atoms. The van der Waals surface area contributed by atoms with Crippen LogP contribution in [0, 0.1) is 0 Å². The number of pyridine rings is 1. The number of primary amides is 1. The number of halogens is 3. The van der Waals surface area contributed by atoms with E-state index in [0.717, 1.165) is 18.3 Å². The lowest BCUT2D eigenvalue weighted by molar-refractivity contribution is -0.141. The number of amides is 1. The van der Waals surface area contributed by atoms with E-state index in [1.165, 1.54) is 0 Å². The van der Waals surface area contributed by atoms with Crippen LogP contribution in [0.2, 0.25) is 0 Å². The van der Waals surface area contributed by atoms with Gasteiger partial charge in [-0.2, -0.15) is 13.2 Å². The van der Waals surface area contributed by atoms with Crippen LogP contribution in [0.3, 0.4) is 0 Å². The second-order valence-corrected chi connectivity index (χ2v) is 2.73. The first-order valence-electron chi connectivity index (χ1n) is 3.85. The van der Waals surface area contributed by atoms with E-state index in [9.17, 15) is 18.0 Å². The van der Waals surface area contributed by atoms with Crippen LogP contribution in [-0.4, -0.2) is 10.9 Å². The molecule has 0 saturated carbocycles. The van der Waals surface area contributed by atoms with Crippen LogP contribution in [-0.2, 0) is 6.18 Å². The van der Waals surface area contributed by atoms with Gasteiger partial charge in [-0.3, -0.25) is 9.78 Å². The summed E-state index contributed by atoms with van der Waals surface area (Å²) in [5, 5.41) is 0. The van der Waals surface area contributed by atoms with E-state index in [2.05, 4.69) is 11.6 Å². The van der Waals surface area contributed by atoms with Crippen molar-refractivity contribution in [1.82, 2.24) is 4.98 Å². The molecule has 0 bridgehead atoms. The monoisotopic (exact) mass is 216 g/mol. The van der Waals surface area contributed by atoms with Gasteiger partial charge < -0.3 is 5.73 Å². The summed E-state index contributed by atoms with van der Waals surface area (Å²) in [4.78, 5) is 13.8. The zero-order valence-corrected chi connectivity index (χ0v) is 7.51. The van der Waals surface area contributed by atoms with Crippen molar-refractivity contribution in [3.63, 3.8) is 0 Å². The molecule has 1 aromatic heterocycles. The number of hydrogen-bond donors (Lipinski definition) is 1. The van der Waals surface area contributed by atoms with Crippen LogP contribution >= 0.6 is 0 Å². The first-order valence-corrected chi connectivity index (χ1v) is 3.85. The first kappa shape index (κ1) is 11.2. The van der Waals surface area contributed by atoms with Gasteiger partial charge in [0.2, 0.25) is 5.91 Å². The zero-order chi connectivity index (χ0) is 11.6. The second-order valence-electron chi connectivity index (χ2n) is 2.73. The number of carbonyl (C=O) groups excluding carboxylic acids is 1. The summed E-state index contributed by atoms with van der Waals surface area (Å²) < 4.78 is 37.0. The van der Waals surface area contributed by atoms with Crippen molar-refractivity contribution in [2.75, 3.05) is 0 Å². The second kappa shape index (κ2) is 3.72. The highest BCUT2D eigenvalue weighted by molar-refractivity contribution is 5.93. The fraction of sp³-hybridized carbons (Fsp3) is 0.111. The predicted molar refractivity (Wildman–Crippen MR) is 47.8 cm³/mol. The van der Waals surface area contributed by atoms with E-state index in [4.69, 9.17) is 5.73 Å². The molecule has 1 heterocycles. The van der Waals surface area contributed by atoms with E-state index in [1.54, 1.807) is 0 Å². The van der Waals surface area contributed by atoms with Crippen LogP contribution in [0.25, 0.3) is 6.08 Å². The molecule has 80 valence electrons. The summed E-state index contributed by atoms with van der Waals surface area (Å²) >= 11 is 0. The average Bonchev–Trinajstić information content (AvgIpc) is 2.15. The minimum absolute atomic E-state index is 0.0853. The topological polar surface area (TPSA) is 56.0 Å². The molecule has 1 rings (SSSR count). The van der Waals surface area contributed by atoms with Crippen molar-refractivity contribution in [1.29, 1.82) is 0 Å². The number of rotatable bonds is 2. The van der Waals surface area contributed by atoms with Crippen LogP contribution in [0.1, 0.15) is 21.6 Å². The van der Waals surface area contributed by atoms with Gasteiger partial charge in [0, 0.05) is 11.8 Å². The summed E-state index contributed by atoms with van der Waals surface area (Å²) in [6.07, 6.45) is -2.81. The molecule has 3 nitrogen and oxygen atoms in total. The molecule has 0 atom stereocenters.